The van der Waals surface area contributed by atoms with E-state index >= 15 is 0 Å². The van der Waals surface area contributed by atoms with Crippen molar-refractivity contribution in [1.29, 1.82) is 0 Å². The highest BCUT2D eigenvalue weighted by Crippen LogP contribution is 2.27. The SMILES string of the molecule is Cc1ccc([C@@H](CN2CCN(C(=O)OC(C)(C)C)[C@H](C)C2)Oc2ccc(S(N)(=O)=O)cc2)cc1F. The number of benzene rings is 2. The van der Waals surface area contributed by atoms with Gasteiger partial charge in [0.05, 0.1) is 4.90 Å². The smallest absolute Gasteiger partial charge is 0.410 e. The van der Waals surface area contributed by atoms with Gasteiger partial charge in [0.1, 0.15) is 23.3 Å². The lowest BCUT2D eigenvalue weighted by molar-refractivity contribution is -0.00299. The molecule has 1 heterocycles. The van der Waals surface area contributed by atoms with Crippen LogP contribution in [0.1, 0.15) is 44.9 Å². The van der Waals surface area contributed by atoms with E-state index < -0.39 is 21.7 Å². The minimum atomic E-state index is -3.82. The summed E-state index contributed by atoms with van der Waals surface area (Å²) in [6.45, 7) is 11.3. The Morgan fingerprint density at radius 2 is 1.83 bits per heavy atom. The molecule has 0 saturated carbocycles. The highest BCUT2D eigenvalue weighted by molar-refractivity contribution is 7.89. The highest BCUT2D eigenvalue weighted by Gasteiger charge is 2.32. The lowest BCUT2D eigenvalue weighted by Gasteiger charge is -2.41. The van der Waals surface area contributed by atoms with Crippen LogP contribution in [0, 0.1) is 12.7 Å². The molecular formula is C25H34FN3O5S. The minimum Gasteiger partial charge on any atom is -0.484 e. The molecule has 1 amide bonds. The summed E-state index contributed by atoms with van der Waals surface area (Å²) in [6.07, 6.45) is -0.862. The molecule has 8 nitrogen and oxygen atoms in total. The Labute approximate surface area is 206 Å². The van der Waals surface area contributed by atoms with Crippen LogP contribution in [0.25, 0.3) is 0 Å². The third kappa shape index (κ3) is 7.39. The molecule has 192 valence electrons. The zero-order valence-corrected chi connectivity index (χ0v) is 21.6. The van der Waals surface area contributed by atoms with Gasteiger partial charge in [0.25, 0.3) is 0 Å². The molecule has 0 radical (unpaired) electrons. The van der Waals surface area contributed by atoms with E-state index in [1.165, 1.54) is 30.3 Å². The quantitative estimate of drug-likeness (QED) is 0.637. The van der Waals surface area contributed by atoms with Crippen molar-refractivity contribution in [3.8, 4) is 5.75 Å². The van der Waals surface area contributed by atoms with E-state index in [1.807, 2.05) is 33.8 Å². The maximum Gasteiger partial charge on any atom is 0.410 e. The Hall–Kier alpha value is -2.69. The van der Waals surface area contributed by atoms with Gasteiger partial charge in [0, 0.05) is 32.2 Å². The second-order valence-electron chi connectivity index (χ2n) is 9.91. The van der Waals surface area contributed by atoms with Crippen LogP contribution in [0.5, 0.6) is 5.75 Å². The molecule has 2 N–H and O–H groups in total. The number of halogens is 1. The van der Waals surface area contributed by atoms with Crippen LogP contribution in [0.2, 0.25) is 0 Å². The normalized spacial score (nSPS) is 18.3. The van der Waals surface area contributed by atoms with Crippen LogP contribution in [0.3, 0.4) is 0 Å². The van der Waals surface area contributed by atoms with Gasteiger partial charge in [-0.05, 0) is 76.1 Å². The van der Waals surface area contributed by atoms with Crippen LogP contribution in [0.4, 0.5) is 9.18 Å². The van der Waals surface area contributed by atoms with Gasteiger partial charge in [-0.15, -0.1) is 0 Å². The number of hydrogen-bond donors (Lipinski definition) is 1. The van der Waals surface area contributed by atoms with Crippen LogP contribution in [0.15, 0.2) is 47.4 Å². The third-order valence-corrected chi connectivity index (χ3v) is 6.69. The number of carbonyl (C=O) groups excluding carboxylic acids is 1. The van der Waals surface area contributed by atoms with Crippen LogP contribution in [-0.2, 0) is 14.8 Å². The van der Waals surface area contributed by atoms with Crippen molar-refractivity contribution in [1.82, 2.24) is 9.80 Å². The lowest BCUT2D eigenvalue weighted by Crippen LogP contribution is -2.55. The Kier molecular flexibility index (Phi) is 8.08. The number of aryl methyl sites for hydroxylation is 1. The van der Waals surface area contributed by atoms with Crippen LogP contribution in [-0.4, -0.2) is 62.1 Å². The lowest BCUT2D eigenvalue weighted by atomic mass is 10.0. The van der Waals surface area contributed by atoms with Gasteiger partial charge in [-0.1, -0.05) is 12.1 Å². The number of carbonyl (C=O) groups is 1. The predicted octanol–water partition coefficient (Wildman–Crippen LogP) is 3.84. The van der Waals surface area contributed by atoms with Gasteiger partial charge in [-0.2, -0.15) is 0 Å². The van der Waals surface area contributed by atoms with Gasteiger partial charge < -0.3 is 14.4 Å². The number of hydrogen-bond acceptors (Lipinski definition) is 6. The topological polar surface area (TPSA) is 102 Å². The summed E-state index contributed by atoms with van der Waals surface area (Å²) >= 11 is 0. The van der Waals surface area contributed by atoms with Gasteiger partial charge in [-0.25, -0.2) is 22.7 Å². The fraction of sp³-hybridized carbons (Fsp3) is 0.480. The second kappa shape index (κ2) is 10.5. The summed E-state index contributed by atoms with van der Waals surface area (Å²) in [5.74, 6) is 0.104. The number of amides is 1. The summed E-state index contributed by atoms with van der Waals surface area (Å²) in [5, 5.41) is 5.18. The van der Waals surface area contributed by atoms with E-state index in [9.17, 15) is 17.6 Å². The van der Waals surface area contributed by atoms with Crippen molar-refractivity contribution in [2.45, 2.75) is 57.3 Å². The molecule has 1 saturated heterocycles. The predicted molar refractivity (Wildman–Crippen MR) is 131 cm³/mol. The van der Waals surface area contributed by atoms with E-state index in [2.05, 4.69) is 4.90 Å². The number of nitrogens with two attached hydrogens (primary N) is 1. The molecule has 35 heavy (non-hydrogen) atoms. The fourth-order valence-corrected chi connectivity index (χ4v) is 4.43. The first-order valence-electron chi connectivity index (χ1n) is 11.5. The van der Waals surface area contributed by atoms with E-state index in [1.54, 1.807) is 17.9 Å². The first kappa shape index (κ1) is 26.9. The molecule has 0 unspecified atom stereocenters. The molecule has 10 heteroatoms. The molecule has 0 spiro atoms. The van der Waals surface area contributed by atoms with Crippen molar-refractivity contribution < 1.29 is 27.1 Å². The summed E-state index contributed by atoms with van der Waals surface area (Å²) < 4.78 is 49.2. The molecule has 1 aliphatic rings. The van der Waals surface area contributed by atoms with E-state index in [-0.39, 0.29) is 22.8 Å². The Morgan fingerprint density at radius 3 is 2.37 bits per heavy atom. The molecule has 2 aromatic carbocycles. The number of rotatable bonds is 6. The average molecular weight is 508 g/mol. The van der Waals surface area contributed by atoms with Gasteiger partial charge in [-0.3, -0.25) is 4.90 Å². The van der Waals surface area contributed by atoms with Crippen LogP contribution >= 0.6 is 0 Å². The molecule has 1 fully saturated rings. The van der Waals surface area contributed by atoms with E-state index in [0.29, 0.717) is 43.1 Å². The van der Waals surface area contributed by atoms with Crippen molar-refractivity contribution in [3.63, 3.8) is 0 Å². The number of sulfonamides is 1. The summed E-state index contributed by atoms with van der Waals surface area (Å²) in [6, 6.07) is 10.7. The Balaban J connectivity index is 1.76. The van der Waals surface area contributed by atoms with Crippen LogP contribution < -0.4 is 9.88 Å². The summed E-state index contributed by atoms with van der Waals surface area (Å²) in [4.78, 5) is 16.4. The van der Waals surface area contributed by atoms with Gasteiger partial charge in [0.15, 0.2) is 0 Å². The number of nitrogens with zero attached hydrogens (tertiary/aromatic N) is 2. The average Bonchev–Trinajstić information content (AvgIpc) is 2.74. The first-order valence-corrected chi connectivity index (χ1v) is 13.0. The second-order valence-corrected chi connectivity index (χ2v) is 11.5. The zero-order chi connectivity index (χ0) is 26.0. The number of ether oxygens (including phenoxy) is 2. The molecule has 1 aliphatic heterocycles. The number of primary sulfonamides is 1. The molecule has 2 aromatic rings. The number of piperazine rings is 1. The summed E-state index contributed by atoms with van der Waals surface area (Å²) in [5.41, 5.74) is 0.622. The molecule has 3 rings (SSSR count). The van der Waals surface area contributed by atoms with E-state index in [0.717, 1.165) is 0 Å². The van der Waals surface area contributed by atoms with Gasteiger partial charge in [0.2, 0.25) is 10.0 Å². The zero-order valence-electron chi connectivity index (χ0n) is 20.8. The molecule has 0 aliphatic carbocycles. The van der Waals surface area contributed by atoms with Crippen molar-refractivity contribution in [2.24, 2.45) is 5.14 Å². The third-order valence-electron chi connectivity index (χ3n) is 5.76. The fourth-order valence-electron chi connectivity index (χ4n) is 3.92. The Morgan fingerprint density at radius 1 is 1.17 bits per heavy atom. The molecule has 0 aromatic heterocycles. The highest BCUT2D eigenvalue weighted by atomic mass is 32.2. The molecular weight excluding hydrogens is 473 g/mol. The van der Waals surface area contributed by atoms with Gasteiger partial charge >= 0.3 is 6.09 Å². The van der Waals surface area contributed by atoms with E-state index in [4.69, 9.17) is 14.6 Å². The molecule has 0 bridgehead atoms. The maximum atomic E-state index is 14.4. The van der Waals surface area contributed by atoms with Crippen molar-refractivity contribution in [3.05, 3.63) is 59.4 Å². The van der Waals surface area contributed by atoms with Crippen molar-refractivity contribution in [2.75, 3.05) is 26.2 Å². The maximum absolute atomic E-state index is 14.4. The van der Waals surface area contributed by atoms with Crippen molar-refractivity contribution >= 4 is 16.1 Å². The largest absolute Gasteiger partial charge is 0.484 e. The monoisotopic (exact) mass is 507 g/mol. The Bertz CT molecular complexity index is 1150. The summed E-state index contributed by atoms with van der Waals surface area (Å²) in [7, 11) is -3.82. The standard InChI is InChI=1S/C25H34FN3O5S/c1-17-6-7-19(14-22(17)26)23(33-20-8-10-21(11-9-20)35(27,31)32)16-28-12-13-29(18(2)15-28)24(30)34-25(3,4)5/h6-11,14,18,23H,12-13,15-16H2,1-5H3,(H2,27,31,32)/t18-,23-/m1/s1. The minimum absolute atomic E-state index is 0.0186. The first-order chi connectivity index (χ1) is 16.2. The molecule has 2 atom stereocenters.